The van der Waals surface area contributed by atoms with Gasteiger partial charge in [-0.25, -0.2) is 0 Å². The zero-order valence-corrected chi connectivity index (χ0v) is 15.5. The van der Waals surface area contributed by atoms with Gasteiger partial charge >= 0.3 is 0 Å². The monoisotopic (exact) mass is 302 g/mol. The van der Waals surface area contributed by atoms with Crippen LogP contribution in [0.15, 0.2) is 36.4 Å². The standard InChI is InChI=1S/C17H26OSi2/c1-19(2)13-7-12-18-16-11-10-14-8-5-6-9-15(14)17(16)20(3)4/h5-6,8-11,19-20H,7,12-13H2,1-4H3. The van der Waals surface area contributed by atoms with Crippen molar-refractivity contribution < 1.29 is 4.74 Å². The van der Waals surface area contributed by atoms with Crippen LogP contribution in [0.3, 0.4) is 0 Å². The van der Waals surface area contributed by atoms with Crippen molar-refractivity contribution >= 4 is 33.6 Å². The van der Waals surface area contributed by atoms with E-state index in [1.165, 1.54) is 28.4 Å². The molecule has 1 nitrogen and oxygen atoms in total. The highest BCUT2D eigenvalue weighted by molar-refractivity contribution is 6.74. The van der Waals surface area contributed by atoms with Gasteiger partial charge in [0.05, 0.1) is 15.4 Å². The maximum Gasteiger partial charge on any atom is 0.118 e. The second kappa shape index (κ2) is 7.09. The number of rotatable bonds is 6. The molecular formula is C17H26OSi2. The summed E-state index contributed by atoms with van der Waals surface area (Å²) in [4.78, 5) is 0. The fraction of sp³-hybridized carbons (Fsp3) is 0.412. The van der Waals surface area contributed by atoms with Gasteiger partial charge in [0.25, 0.3) is 0 Å². The van der Waals surface area contributed by atoms with Crippen molar-refractivity contribution in [2.24, 2.45) is 0 Å². The Morgan fingerprint density at radius 1 is 0.950 bits per heavy atom. The Kier molecular flexibility index (Phi) is 5.43. The van der Waals surface area contributed by atoms with E-state index in [0.29, 0.717) is 0 Å². The van der Waals surface area contributed by atoms with Crippen molar-refractivity contribution in [1.29, 1.82) is 0 Å². The van der Waals surface area contributed by atoms with Crippen molar-refractivity contribution in [3.63, 3.8) is 0 Å². The van der Waals surface area contributed by atoms with Gasteiger partial charge in [-0.05, 0) is 28.4 Å². The minimum absolute atomic E-state index is 0.440. The first-order chi connectivity index (χ1) is 9.59. The van der Waals surface area contributed by atoms with E-state index in [4.69, 9.17) is 4.74 Å². The molecule has 2 aromatic rings. The summed E-state index contributed by atoms with van der Waals surface area (Å²) in [7, 11) is -1.35. The summed E-state index contributed by atoms with van der Waals surface area (Å²) in [6, 6.07) is 14.4. The molecule has 3 heteroatoms. The first kappa shape index (κ1) is 15.3. The third-order valence-electron chi connectivity index (χ3n) is 3.69. The second-order valence-electron chi connectivity index (χ2n) is 6.24. The average Bonchev–Trinajstić information content (AvgIpc) is 2.42. The van der Waals surface area contributed by atoms with E-state index in [-0.39, 0.29) is 0 Å². The van der Waals surface area contributed by atoms with E-state index >= 15 is 0 Å². The number of hydrogen-bond donors (Lipinski definition) is 0. The molecule has 0 spiro atoms. The lowest BCUT2D eigenvalue weighted by Gasteiger charge is -2.16. The smallest absolute Gasteiger partial charge is 0.118 e. The van der Waals surface area contributed by atoms with E-state index in [1.54, 1.807) is 0 Å². The van der Waals surface area contributed by atoms with Crippen molar-refractivity contribution in [2.45, 2.75) is 38.7 Å². The third-order valence-corrected chi connectivity index (χ3v) is 7.00. The lowest BCUT2D eigenvalue weighted by atomic mass is 10.1. The minimum Gasteiger partial charge on any atom is -0.494 e. The highest BCUT2D eigenvalue weighted by Gasteiger charge is 2.13. The Morgan fingerprint density at radius 2 is 1.70 bits per heavy atom. The highest BCUT2D eigenvalue weighted by Crippen LogP contribution is 2.20. The molecule has 0 unspecified atom stereocenters. The molecular weight excluding hydrogens is 276 g/mol. The molecule has 0 atom stereocenters. The Bertz CT molecular complexity index is 564. The van der Waals surface area contributed by atoms with Crippen LogP contribution in [0.1, 0.15) is 6.42 Å². The Morgan fingerprint density at radius 3 is 2.40 bits per heavy atom. The molecule has 0 radical (unpaired) electrons. The van der Waals surface area contributed by atoms with Gasteiger partial charge in [-0.2, -0.15) is 0 Å². The van der Waals surface area contributed by atoms with Crippen LogP contribution in [-0.2, 0) is 0 Å². The summed E-state index contributed by atoms with van der Waals surface area (Å²) in [5.74, 6) is 1.13. The number of benzene rings is 2. The first-order valence-electron chi connectivity index (χ1n) is 7.74. The van der Waals surface area contributed by atoms with Crippen LogP contribution in [0.5, 0.6) is 5.75 Å². The molecule has 108 valence electrons. The normalized spacial score (nSPS) is 11.5. The van der Waals surface area contributed by atoms with Crippen LogP contribution in [0, 0.1) is 0 Å². The van der Waals surface area contributed by atoms with Gasteiger partial charge in [0.1, 0.15) is 5.75 Å². The molecule has 0 saturated carbocycles. The molecule has 0 heterocycles. The highest BCUT2D eigenvalue weighted by atomic mass is 28.3. The van der Waals surface area contributed by atoms with E-state index in [9.17, 15) is 0 Å². The molecule has 0 bridgehead atoms. The van der Waals surface area contributed by atoms with Gasteiger partial charge < -0.3 is 4.74 Å². The predicted octanol–water partition coefficient (Wildman–Crippen LogP) is 3.79. The second-order valence-corrected chi connectivity index (χ2v) is 12.5. The topological polar surface area (TPSA) is 9.23 Å². The van der Waals surface area contributed by atoms with Gasteiger partial charge in [-0.15, -0.1) is 0 Å². The zero-order chi connectivity index (χ0) is 14.5. The Hall–Kier alpha value is -1.07. The molecule has 0 aromatic heterocycles. The van der Waals surface area contributed by atoms with Crippen LogP contribution in [0.4, 0.5) is 0 Å². The fourth-order valence-corrected chi connectivity index (χ4v) is 5.29. The molecule has 0 aliphatic carbocycles. The van der Waals surface area contributed by atoms with Gasteiger partial charge in [0.2, 0.25) is 0 Å². The van der Waals surface area contributed by atoms with Crippen molar-refractivity contribution in [3.8, 4) is 5.75 Å². The summed E-state index contributed by atoms with van der Waals surface area (Å²) in [5.41, 5.74) is 0. The van der Waals surface area contributed by atoms with Gasteiger partial charge in [0, 0.05) is 8.80 Å². The molecule has 0 aliphatic rings. The summed E-state index contributed by atoms with van der Waals surface area (Å²) >= 11 is 0. The summed E-state index contributed by atoms with van der Waals surface area (Å²) in [6.07, 6.45) is 1.20. The molecule has 0 N–H and O–H groups in total. The predicted molar refractivity (Wildman–Crippen MR) is 96.3 cm³/mol. The molecule has 2 aromatic carbocycles. The van der Waals surface area contributed by atoms with Gasteiger partial charge in [-0.1, -0.05) is 62.6 Å². The lowest BCUT2D eigenvalue weighted by Crippen LogP contribution is -2.26. The molecule has 0 fully saturated rings. The molecule has 20 heavy (non-hydrogen) atoms. The van der Waals surface area contributed by atoms with E-state index in [1.807, 2.05) is 0 Å². The largest absolute Gasteiger partial charge is 0.494 e. The van der Waals surface area contributed by atoms with E-state index < -0.39 is 17.6 Å². The van der Waals surface area contributed by atoms with Crippen molar-refractivity contribution in [1.82, 2.24) is 0 Å². The quantitative estimate of drug-likeness (QED) is 0.583. The van der Waals surface area contributed by atoms with Crippen LogP contribution in [0.2, 0.25) is 32.2 Å². The number of hydrogen-bond acceptors (Lipinski definition) is 1. The lowest BCUT2D eigenvalue weighted by molar-refractivity contribution is 0.320. The number of fused-ring (bicyclic) bond motifs is 1. The maximum absolute atomic E-state index is 6.11. The molecule has 0 saturated heterocycles. The van der Waals surface area contributed by atoms with Crippen molar-refractivity contribution in [2.75, 3.05) is 6.61 Å². The zero-order valence-electron chi connectivity index (χ0n) is 13.1. The van der Waals surface area contributed by atoms with Crippen LogP contribution in [-0.4, -0.2) is 24.2 Å². The summed E-state index contributed by atoms with van der Waals surface area (Å²) < 4.78 is 6.11. The fourth-order valence-electron chi connectivity index (χ4n) is 2.67. The van der Waals surface area contributed by atoms with E-state index in [0.717, 1.165) is 12.4 Å². The molecule has 2 rings (SSSR count). The summed E-state index contributed by atoms with van der Waals surface area (Å²) in [5, 5.41) is 4.22. The summed E-state index contributed by atoms with van der Waals surface area (Å²) in [6.45, 7) is 10.5. The average molecular weight is 303 g/mol. The SMILES string of the molecule is C[SiH](C)CCCOc1ccc2ccccc2c1[SiH](C)C. The molecule has 0 aliphatic heterocycles. The first-order valence-corrected chi connectivity index (χ1v) is 13.7. The third kappa shape index (κ3) is 3.73. The maximum atomic E-state index is 6.11. The van der Waals surface area contributed by atoms with Gasteiger partial charge in [0.15, 0.2) is 0 Å². The molecule has 0 amide bonds. The Balaban J connectivity index is 2.22. The minimum atomic E-state index is -0.906. The Labute approximate surface area is 126 Å². The van der Waals surface area contributed by atoms with Gasteiger partial charge in [-0.3, -0.25) is 0 Å². The van der Waals surface area contributed by atoms with E-state index in [2.05, 4.69) is 62.6 Å². The van der Waals surface area contributed by atoms with Crippen molar-refractivity contribution in [3.05, 3.63) is 36.4 Å². The van der Waals surface area contributed by atoms with Crippen LogP contribution >= 0.6 is 0 Å². The van der Waals surface area contributed by atoms with Crippen LogP contribution in [0.25, 0.3) is 10.8 Å². The van der Waals surface area contributed by atoms with Crippen LogP contribution < -0.4 is 9.92 Å². The number of ether oxygens (including phenoxy) is 1.